The molecule has 4 nitrogen and oxygen atoms in total. The number of hydrogen-bond acceptors (Lipinski definition) is 4. The van der Waals surface area contributed by atoms with Crippen LogP contribution in [0.5, 0.6) is 5.75 Å². The summed E-state index contributed by atoms with van der Waals surface area (Å²) in [5.41, 5.74) is 7.73. The molecule has 1 aromatic carbocycles. The highest BCUT2D eigenvalue weighted by Crippen LogP contribution is 2.25. The third kappa shape index (κ3) is 2.87. The van der Waals surface area contributed by atoms with E-state index in [1.165, 1.54) is 7.11 Å². The minimum Gasteiger partial charge on any atom is -0.507 e. The van der Waals surface area contributed by atoms with Gasteiger partial charge in [0, 0.05) is 0 Å². The fourth-order valence-corrected chi connectivity index (χ4v) is 1.43. The number of carbonyl (C=O) groups is 1. The number of aryl methyl sites for hydroxylation is 2. The van der Waals surface area contributed by atoms with E-state index in [2.05, 4.69) is 4.74 Å². The molecule has 0 aliphatic rings. The van der Waals surface area contributed by atoms with Gasteiger partial charge >= 0.3 is 5.97 Å². The first-order chi connectivity index (χ1) is 6.97. The van der Waals surface area contributed by atoms with Gasteiger partial charge in [-0.25, -0.2) is 0 Å². The van der Waals surface area contributed by atoms with Crippen molar-refractivity contribution in [2.24, 2.45) is 5.73 Å². The van der Waals surface area contributed by atoms with Gasteiger partial charge in [-0.1, -0.05) is 12.1 Å². The number of phenolic OH excluding ortho intramolecular Hbond substituents is 1. The third-order valence-electron chi connectivity index (χ3n) is 2.33. The first kappa shape index (κ1) is 14.7. The van der Waals surface area contributed by atoms with Gasteiger partial charge < -0.3 is 15.6 Å². The molecule has 0 fully saturated rings. The molecule has 0 saturated carbocycles. The van der Waals surface area contributed by atoms with Crippen LogP contribution in [0.2, 0.25) is 0 Å². The number of ether oxygens (including phenoxy) is 1. The molecule has 3 N–H and O–H groups in total. The molecule has 0 unspecified atom stereocenters. The quantitative estimate of drug-likeness (QED) is 0.777. The summed E-state index contributed by atoms with van der Waals surface area (Å²) < 4.78 is 4.55. The lowest BCUT2D eigenvalue weighted by Crippen LogP contribution is -2.22. The molecular weight excluding hydrogens is 230 g/mol. The smallest absolute Gasteiger partial charge is 0.327 e. The van der Waals surface area contributed by atoms with Crippen LogP contribution in [0.3, 0.4) is 0 Å². The molecule has 0 radical (unpaired) electrons. The van der Waals surface area contributed by atoms with E-state index in [1.807, 2.05) is 0 Å². The van der Waals surface area contributed by atoms with Gasteiger partial charge in [0.25, 0.3) is 0 Å². The fraction of sp³-hybridized carbons (Fsp3) is 0.364. The van der Waals surface area contributed by atoms with E-state index in [-0.39, 0.29) is 18.2 Å². The summed E-state index contributed by atoms with van der Waals surface area (Å²) in [5.74, 6) is -0.254. The molecule has 0 saturated heterocycles. The van der Waals surface area contributed by atoms with Crippen molar-refractivity contribution in [3.63, 3.8) is 0 Å². The third-order valence-corrected chi connectivity index (χ3v) is 2.33. The van der Waals surface area contributed by atoms with Crippen molar-refractivity contribution in [2.75, 3.05) is 7.11 Å². The van der Waals surface area contributed by atoms with Gasteiger partial charge in [-0.3, -0.25) is 4.79 Å². The van der Waals surface area contributed by atoms with Crippen LogP contribution in [0.25, 0.3) is 0 Å². The summed E-state index contributed by atoms with van der Waals surface area (Å²) in [6.07, 6.45) is 0. The molecule has 0 bridgehead atoms. The van der Waals surface area contributed by atoms with Crippen molar-refractivity contribution < 1.29 is 14.6 Å². The lowest BCUT2D eigenvalue weighted by atomic mass is 10.0. The Kier molecular flexibility index (Phi) is 5.27. The van der Waals surface area contributed by atoms with Gasteiger partial charge in [0.1, 0.15) is 11.8 Å². The minimum absolute atomic E-state index is 0. The molecule has 0 aromatic heterocycles. The maximum absolute atomic E-state index is 11.2. The molecular formula is C11H16ClNO3. The number of rotatable bonds is 2. The summed E-state index contributed by atoms with van der Waals surface area (Å²) in [7, 11) is 1.29. The van der Waals surface area contributed by atoms with E-state index in [4.69, 9.17) is 5.73 Å². The van der Waals surface area contributed by atoms with E-state index in [1.54, 1.807) is 26.0 Å². The van der Waals surface area contributed by atoms with Crippen molar-refractivity contribution in [3.05, 3.63) is 28.8 Å². The average Bonchev–Trinajstić information content (AvgIpc) is 2.23. The molecule has 1 atom stereocenters. The average molecular weight is 246 g/mol. The van der Waals surface area contributed by atoms with Gasteiger partial charge in [0.05, 0.1) is 7.11 Å². The molecule has 0 heterocycles. The van der Waals surface area contributed by atoms with E-state index < -0.39 is 12.0 Å². The van der Waals surface area contributed by atoms with Crippen LogP contribution in [0.1, 0.15) is 22.7 Å². The Labute approximate surface area is 101 Å². The summed E-state index contributed by atoms with van der Waals surface area (Å²) in [4.78, 5) is 11.2. The van der Waals surface area contributed by atoms with Crippen LogP contribution in [0.4, 0.5) is 0 Å². The Balaban J connectivity index is 0.00000225. The summed E-state index contributed by atoms with van der Waals surface area (Å²) in [6.45, 7) is 3.52. The molecule has 0 aliphatic heterocycles. The number of aromatic hydroxyl groups is 1. The van der Waals surface area contributed by atoms with E-state index in [9.17, 15) is 9.90 Å². The van der Waals surface area contributed by atoms with E-state index in [0.717, 1.165) is 0 Å². The van der Waals surface area contributed by atoms with E-state index in [0.29, 0.717) is 16.7 Å². The van der Waals surface area contributed by atoms with Crippen LogP contribution in [-0.2, 0) is 9.53 Å². The molecule has 90 valence electrons. The molecule has 5 heteroatoms. The van der Waals surface area contributed by atoms with Gasteiger partial charge in [-0.2, -0.15) is 0 Å². The zero-order chi connectivity index (χ0) is 11.6. The number of nitrogens with two attached hydrogens (primary N) is 1. The number of methoxy groups -OCH3 is 1. The van der Waals surface area contributed by atoms with Gasteiger partial charge in [0.15, 0.2) is 0 Å². The van der Waals surface area contributed by atoms with Crippen molar-refractivity contribution in [1.29, 1.82) is 0 Å². The predicted molar refractivity (Wildman–Crippen MR) is 63.8 cm³/mol. The normalized spacial score (nSPS) is 11.5. The number of carbonyl (C=O) groups excluding carboxylic acids is 1. The fourth-order valence-electron chi connectivity index (χ4n) is 1.43. The molecule has 0 spiro atoms. The van der Waals surface area contributed by atoms with Crippen molar-refractivity contribution in [3.8, 4) is 5.75 Å². The molecule has 1 aromatic rings. The molecule has 0 aliphatic carbocycles. The second kappa shape index (κ2) is 5.72. The maximum Gasteiger partial charge on any atom is 0.327 e. The number of hydrogen-bond donors (Lipinski definition) is 2. The van der Waals surface area contributed by atoms with Gasteiger partial charge in [-0.15, -0.1) is 12.4 Å². The standard InChI is InChI=1S/C11H15NO3.ClH/c1-6-4-8(5-7(2)10(6)13)9(12)11(14)15-3;/h4-5,9,13H,12H2,1-3H3;1H/t9-;/m0./s1. The highest BCUT2D eigenvalue weighted by molar-refractivity contribution is 5.85. The van der Waals surface area contributed by atoms with Crippen molar-refractivity contribution in [1.82, 2.24) is 0 Å². The second-order valence-electron chi connectivity index (χ2n) is 3.50. The number of benzene rings is 1. The lowest BCUT2D eigenvalue weighted by Gasteiger charge is -2.12. The van der Waals surface area contributed by atoms with Gasteiger partial charge in [-0.05, 0) is 30.5 Å². The van der Waals surface area contributed by atoms with Crippen molar-refractivity contribution in [2.45, 2.75) is 19.9 Å². The Hall–Kier alpha value is -1.26. The summed E-state index contributed by atoms with van der Waals surface area (Å²) in [5, 5.41) is 9.55. The second-order valence-corrected chi connectivity index (χ2v) is 3.50. The molecule has 0 amide bonds. The van der Waals surface area contributed by atoms with Gasteiger partial charge in [0.2, 0.25) is 0 Å². The topological polar surface area (TPSA) is 72.5 Å². The highest BCUT2D eigenvalue weighted by atomic mass is 35.5. The van der Waals surface area contributed by atoms with Crippen molar-refractivity contribution >= 4 is 18.4 Å². The molecule has 16 heavy (non-hydrogen) atoms. The first-order valence-corrected chi connectivity index (χ1v) is 4.61. The number of esters is 1. The van der Waals surface area contributed by atoms with Crippen LogP contribution >= 0.6 is 12.4 Å². The maximum atomic E-state index is 11.2. The largest absolute Gasteiger partial charge is 0.507 e. The van der Waals surface area contributed by atoms with Crippen LogP contribution in [0.15, 0.2) is 12.1 Å². The Bertz CT molecular complexity index is 370. The minimum atomic E-state index is -0.798. The lowest BCUT2D eigenvalue weighted by molar-refractivity contribution is -0.142. The number of phenols is 1. The predicted octanol–water partition coefficient (Wildman–Crippen LogP) is 1.60. The Morgan fingerprint density at radius 2 is 1.81 bits per heavy atom. The molecule has 1 rings (SSSR count). The SMILES string of the molecule is COC(=O)[C@@H](N)c1cc(C)c(O)c(C)c1.Cl. The first-order valence-electron chi connectivity index (χ1n) is 4.61. The Morgan fingerprint density at radius 1 is 1.38 bits per heavy atom. The Morgan fingerprint density at radius 3 is 2.19 bits per heavy atom. The zero-order valence-corrected chi connectivity index (χ0v) is 10.3. The zero-order valence-electron chi connectivity index (χ0n) is 9.48. The van der Waals surface area contributed by atoms with Crippen LogP contribution in [0, 0.1) is 13.8 Å². The van der Waals surface area contributed by atoms with Crippen LogP contribution in [-0.4, -0.2) is 18.2 Å². The van der Waals surface area contributed by atoms with Crippen LogP contribution < -0.4 is 5.73 Å². The van der Waals surface area contributed by atoms with E-state index >= 15 is 0 Å². The summed E-state index contributed by atoms with van der Waals surface area (Å²) >= 11 is 0. The summed E-state index contributed by atoms with van der Waals surface area (Å²) in [6, 6.07) is 2.57. The number of halogens is 1. The highest BCUT2D eigenvalue weighted by Gasteiger charge is 2.17. The monoisotopic (exact) mass is 245 g/mol.